The highest BCUT2D eigenvalue weighted by Gasteiger charge is 2.53. The lowest BCUT2D eigenvalue weighted by atomic mass is 9.77. The number of hydrogen-bond donors (Lipinski definition) is 1. The molecule has 10 heteroatoms. The fraction of sp³-hybridized carbons (Fsp3) is 0.565. The lowest BCUT2D eigenvalue weighted by Crippen LogP contribution is -2.70. The number of fused-ring (bicyclic) bond motifs is 1. The summed E-state index contributed by atoms with van der Waals surface area (Å²) in [5, 5.41) is 3.83. The van der Waals surface area contributed by atoms with Crippen LogP contribution in [0.1, 0.15) is 26.2 Å². The van der Waals surface area contributed by atoms with Gasteiger partial charge in [-0.2, -0.15) is 0 Å². The molecular formula is C23H28N6O3S. The van der Waals surface area contributed by atoms with Gasteiger partial charge in [-0.15, -0.1) is 0 Å². The van der Waals surface area contributed by atoms with Gasteiger partial charge in [0.15, 0.2) is 11.4 Å². The summed E-state index contributed by atoms with van der Waals surface area (Å²) in [6.07, 6.45) is 9.25. The molecule has 2 spiro atoms. The van der Waals surface area contributed by atoms with E-state index in [1.54, 1.807) is 6.20 Å². The summed E-state index contributed by atoms with van der Waals surface area (Å²) in [4.78, 5) is 31.8. The molecule has 6 rings (SSSR count). The van der Waals surface area contributed by atoms with Crippen LogP contribution in [0.25, 0.3) is 0 Å². The Kier molecular flexibility index (Phi) is 5.00. The van der Waals surface area contributed by atoms with E-state index in [4.69, 9.17) is 14.5 Å². The molecule has 0 bridgehead atoms. The van der Waals surface area contributed by atoms with E-state index in [0.29, 0.717) is 30.4 Å². The number of aromatic nitrogens is 3. The quantitative estimate of drug-likeness (QED) is 0.729. The summed E-state index contributed by atoms with van der Waals surface area (Å²) in [7, 11) is 1.90. The van der Waals surface area contributed by atoms with E-state index in [2.05, 4.69) is 27.1 Å². The number of ether oxygens (including phenoxy) is 2. The van der Waals surface area contributed by atoms with Crippen molar-refractivity contribution in [3.63, 3.8) is 0 Å². The molecule has 0 saturated carbocycles. The van der Waals surface area contributed by atoms with Crippen LogP contribution in [0.4, 0.5) is 17.3 Å². The van der Waals surface area contributed by atoms with Gasteiger partial charge in [0.2, 0.25) is 0 Å². The van der Waals surface area contributed by atoms with E-state index in [-0.39, 0.29) is 5.91 Å². The highest BCUT2D eigenvalue weighted by molar-refractivity contribution is 7.99. The topological polar surface area (TPSA) is 92.7 Å². The minimum absolute atomic E-state index is 0.0510. The monoisotopic (exact) mass is 468 g/mol. The number of carbonyl (C=O) groups excluding carboxylic acids is 1. The van der Waals surface area contributed by atoms with Crippen LogP contribution >= 0.6 is 11.8 Å². The molecule has 4 aliphatic rings. The summed E-state index contributed by atoms with van der Waals surface area (Å²) in [6.45, 7) is 5.79. The van der Waals surface area contributed by atoms with Crippen LogP contribution < -0.4 is 15.1 Å². The maximum absolute atomic E-state index is 12.8. The summed E-state index contributed by atoms with van der Waals surface area (Å²) < 4.78 is 11.2. The van der Waals surface area contributed by atoms with Crippen molar-refractivity contribution in [2.24, 2.45) is 5.41 Å². The van der Waals surface area contributed by atoms with Crippen LogP contribution in [0.3, 0.4) is 0 Å². The van der Waals surface area contributed by atoms with Crippen LogP contribution in [-0.4, -0.2) is 72.5 Å². The van der Waals surface area contributed by atoms with Crippen LogP contribution in [0, 0.1) is 5.41 Å². The number of pyridine rings is 1. The molecule has 1 amide bonds. The molecule has 0 aliphatic carbocycles. The highest BCUT2D eigenvalue weighted by Crippen LogP contribution is 2.44. The molecule has 4 aliphatic heterocycles. The third kappa shape index (κ3) is 3.46. The Bertz CT molecular complexity index is 1070. The van der Waals surface area contributed by atoms with Crippen LogP contribution in [0.2, 0.25) is 0 Å². The molecule has 0 aromatic carbocycles. The maximum atomic E-state index is 12.8. The molecule has 2 aromatic rings. The molecule has 1 atom stereocenters. The fourth-order valence-electron chi connectivity index (χ4n) is 5.34. The maximum Gasteiger partial charge on any atom is 0.255 e. The van der Waals surface area contributed by atoms with Gasteiger partial charge in [0.1, 0.15) is 10.8 Å². The molecule has 6 heterocycles. The van der Waals surface area contributed by atoms with E-state index in [1.165, 1.54) is 11.8 Å². The van der Waals surface area contributed by atoms with E-state index < -0.39 is 5.54 Å². The predicted octanol–water partition coefficient (Wildman–Crippen LogP) is 2.58. The smallest absolute Gasteiger partial charge is 0.255 e. The molecule has 3 fully saturated rings. The zero-order valence-corrected chi connectivity index (χ0v) is 19.7. The van der Waals surface area contributed by atoms with Crippen molar-refractivity contribution in [2.45, 2.75) is 47.8 Å². The lowest BCUT2D eigenvalue weighted by Gasteiger charge is -2.49. The van der Waals surface area contributed by atoms with Crippen molar-refractivity contribution in [1.82, 2.24) is 15.0 Å². The summed E-state index contributed by atoms with van der Waals surface area (Å²) in [5.41, 5.74) is 0.412. The molecule has 2 aromatic heterocycles. The Morgan fingerprint density at radius 3 is 2.61 bits per heavy atom. The largest absolute Gasteiger partial charge is 0.378 e. The molecule has 9 nitrogen and oxygen atoms in total. The zero-order valence-electron chi connectivity index (χ0n) is 18.9. The third-order valence-electron chi connectivity index (χ3n) is 7.57. The fourth-order valence-corrected chi connectivity index (χ4v) is 6.15. The van der Waals surface area contributed by atoms with Crippen molar-refractivity contribution in [3.05, 3.63) is 24.7 Å². The van der Waals surface area contributed by atoms with Gasteiger partial charge in [0, 0.05) is 31.2 Å². The van der Waals surface area contributed by atoms with Crippen LogP contribution in [0.5, 0.6) is 0 Å². The Labute approximate surface area is 197 Å². The molecule has 1 N–H and O–H groups in total. The number of carbonyl (C=O) groups is 1. The number of nitrogens with one attached hydrogen (secondary N) is 1. The van der Waals surface area contributed by atoms with Gasteiger partial charge < -0.3 is 24.6 Å². The van der Waals surface area contributed by atoms with E-state index in [9.17, 15) is 4.79 Å². The van der Waals surface area contributed by atoms with Gasteiger partial charge in [-0.1, -0.05) is 11.8 Å². The van der Waals surface area contributed by atoms with Gasteiger partial charge in [0.05, 0.1) is 44.0 Å². The summed E-state index contributed by atoms with van der Waals surface area (Å²) in [6, 6.07) is 1.90. The normalized spacial score (nSPS) is 25.2. The average molecular weight is 469 g/mol. The van der Waals surface area contributed by atoms with Crippen LogP contribution in [-0.2, 0) is 14.3 Å². The number of likely N-dealkylation sites (N-methyl/N-ethyl adjacent to an activating group) is 1. The number of anilines is 3. The van der Waals surface area contributed by atoms with Gasteiger partial charge >= 0.3 is 0 Å². The number of hydrogen-bond acceptors (Lipinski definition) is 9. The molecule has 3 saturated heterocycles. The minimum atomic E-state index is -0.652. The molecule has 174 valence electrons. The zero-order chi connectivity index (χ0) is 22.6. The second kappa shape index (κ2) is 7.82. The van der Waals surface area contributed by atoms with Crippen LogP contribution in [0.15, 0.2) is 34.6 Å². The summed E-state index contributed by atoms with van der Waals surface area (Å²) >= 11 is 1.48. The van der Waals surface area contributed by atoms with Gasteiger partial charge in [0.25, 0.3) is 5.91 Å². The van der Waals surface area contributed by atoms with Gasteiger partial charge in [-0.25, -0.2) is 15.0 Å². The second-order valence-corrected chi connectivity index (χ2v) is 10.7. The number of piperidine rings is 1. The SMILES string of the molecule is C[C@H]1CC2(CCN(c3cnc(Sc4ccnc5c4NC(=O)C4(COC4)N5C)cn3)CC2)CO1. The third-order valence-corrected chi connectivity index (χ3v) is 8.55. The number of nitrogens with zero attached hydrogens (tertiary/aromatic N) is 5. The van der Waals surface area contributed by atoms with Crippen molar-refractivity contribution < 1.29 is 14.3 Å². The molecule has 0 unspecified atom stereocenters. The minimum Gasteiger partial charge on any atom is -0.378 e. The first-order chi connectivity index (χ1) is 16.0. The molecule has 33 heavy (non-hydrogen) atoms. The van der Waals surface area contributed by atoms with Gasteiger partial charge in [-0.3, -0.25) is 4.79 Å². The van der Waals surface area contributed by atoms with Crippen molar-refractivity contribution >= 4 is 35.0 Å². The van der Waals surface area contributed by atoms with E-state index in [1.807, 2.05) is 30.4 Å². The number of rotatable bonds is 3. The predicted molar refractivity (Wildman–Crippen MR) is 125 cm³/mol. The first-order valence-corrected chi connectivity index (χ1v) is 12.3. The Morgan fingerprint density at radius 2 is 1.97 bits per heavy atom. The summed E-state index contributed by atoms with van der Waals surface area (Å²) in [5.74, 6) is 1.61. The Balaban J connectivity index is 1.16. The number of amides is 1. The standard InChI is InChI=1S/C23H28N6O3S/c1-15-9-22(12-32-15)4-7-29(8-5-22)17-10-26-18(11-25-17)33-16-3-6-24-20-19(16)27-21(30)23(28(20)2)13-31-14-23/h3,6,10-11,15H,4-5,7-9,12-14H2,1-2H3,(H,27,30)/t15-/m0/s1. The highest BCUT2D eigenvalue weighted by atomic mass is 32.2. The Hall–Kier alpha value is -2.43. The van der Waals surface area contributed by atoms with Gasteiger partial charge in [-0.05, 0) is 37.7 Å². The first-order valence-electron chi connectivity index (χ1n) is 11.5. The molecule has 0 radical (unpaired) electrons. The molecular weight excluding hydrogens is 440 g/mol. The first kappa shape index (κ1) is 21.1. The van der Waals surface area contributed by atoms with E-state index in [0.717, 1.165) is 60.5 Å². The van der Waals surface area contributed by atoms with Crippen molar-refractivity contribution in [2.75, 3.05) is 55.1 Å². The van der Waals surface area contributed by atoms with Crippen molar-refractivity contribution in [1.29, 1.82) is 0 Å². The lowest BCUT2D eigenvalue weighted by molar-refractivity contribution is -0.138. The van der Waals surface area contributed by atoms with Crippen molar-refractivity contribution in [3.8, 4) is 0 Å². The average Bonchev–Trinajstić information content (AvgIpc) is 3.14. The van der Waals surface area contributed by atoms with E-state index >= 15 is 0 Å². The second-order valence-electron chi connectivity index (χ2n) is 9.67. The Morgan fingerprint density at radius 1 is 1.15 bits per heavy atom.